The molecule has 0 atom stereocenters. The van der Waals surface area contributed by atoms with E-state index in [1.807, 2.05) is 0 Å². The van der Waals surface area contributed by atoms with E-state index in [4.69, 9.17) is 0 Å². The Morgan fingerprint density at radius 2 is 1.60 bits per heavy atom. The van der Waals surface area contributed by atoms with E-state index >= 15 is 0 Å². The van der Waals surface area contributed by atoms with Crippen molar-refractivity contribution in [1.82, 2.24) is 5.32 Å². The number of benzene rings is 4. The summed E-state index contributed by atoms with van der Waals surface area (Å²) in [6.07, 6.45) is 1.41. The number of nitrogens with one attached hydrogen (secondary N) is 3. The maximum atomic E-state index is 14.0. The van der Waals surface area contributed by atoms with E-state index in [1.54, 1.807) is 60.7 Å². The number of rotatable bonds is 10. The van der Waals surface area contributed by atoms with Gasteiger partial charge in [-0.1, -0.05) is 34.1 Å². The van der Waals surface area contributed by atoms with Crippen molar-refractivity contribution >= 4 is 68.6 Å². The lowest BCUT2D eigenvalue weighted by molar-refractivity contribution is -0.384. The van der Waals surface area contributed by atoms with Gasteiger partial charge in [-0.05, 0) is 78.4 Å². The monoisotopic (exact) mass is 648 g/mol. The zero-order chi connectivity index (χ0) is 30.1. The van der Waals surface area contributed by atoms with E-state index in [-0.39, 0.29) is 28.7 Å². The fraction of sp³-hybridized carbons (Fsp3) is 0.0333. The average molecular weight is 649 g/mol. The van der Waals surface area contributed by atoms with Gasteiger partial charge in [0.05, 0.1) is 16.4 Å². The van der Waals surface area contributed by atoms with Crippen LogP contribution in [0.2, 0.25) is 0 Å². The number of carbonyl (C=O) groups excluding carboxylic acids is 3. The number of non-ortho nitro benzene ring substituents is 1. The Morgan fingerprint density at radius 1 is 0.905 bits per heavy atom. The summed E-state index contributed by atoms with van der Waals surface area (Å²) >= 11 is 4.40. The molecule has 0 radical (unpaired) electrons. The van der Waals surface area contributed by atoms with Crippen molar-refractivity contribution in [3.05, 3.63) is 134 Å². The second-order valence-corrected chi connectivity index (χ2v) is 10.6. The van der Waals surface area contributed by atoms with E-state index in [1.165, 1.54) is 54.2 Å². The van der Waals surface area contributed by atoms with Gasteiger partial charge in [-0.3, -0.25) is 24.5 Å². The van der Waals surface area contributed by atoms with Gasteiger partial charge in [0.25, 0.3) is 17.5 Å². The third-order valence-corrected chi connectivity index (χ3v) is 7.14. The highest BCUT2D eigenvalue weighted by atomic mass is 79.9. The molecule has 4 rings (SSSR count). The van der Waals surface area contributed by atoms with Crippen molar-refractivity contribution in [2.45, 2.75) is 4.90 Å². The fourth-order valence-electron chi connectivity index (χ4n) is 3.56. The molecule has 0 fully saturated rings. The lowest BCUT2D eigenvalue weighted by Gasteiger charge is -2.12. The van der Waals surface area contributed by atoms with Gasteiger partial charge >= 0.3 is 0 Å². The molecule has 0 saturated heterocycles. The lowest BCUT2D eigenvalue weighted by Crippen LogP contribution is -2.30. The maximum Gasteiger partial charge on any atom is 0.272 e. The van der Waals surface area contributed by atoms with E-state index in [9.17, 15) is 28.9 Å². The molecule has 4 aromatic rings. The SMILES string of the molecule is O=C(CSc1ccc(NC(=O)/C(=C/c2ccc([N+](=O)[O-])cc2)NC(=O)c2ccccc2)cc1)Nc1ccc(Br)cc1F. The molecular formula is C30H22BrFN4O5S. The van der Waals surface area contributed by atoms with Crippen LogP contribution in [0.15, 0.2) is 112 Å². The number of nitro groups is 1. The van der Waals surface area contributed by atoms with Gasteiger partial charge in [-0.2, -0.15) is 0 Å². The molecule has 0 aliphatic carbocycles. The number of nitro benzene ring substituents is 1. The molecule has 42 heavy (non-hydrogen) atoms. The predicted octanol–water partition coefficient (Wildman–Crippen LogP) is 6.64. The highest BCUT2D eigenvalue weighted by molar-refractivity contribution is 9.10. The zero-order valence-electron chi connectivity index (χ0n) is 21.7. The van der Waals surface area contributed by atoms with Crippen LogP contribution in [-0.2, 0) is 9.59 Å². The van der Waals surface area contributed by atoms with Crippen LogP contribution in [0.3, 0.4) is 0 Å². The Morgan fingerprint density at radius 3 is 2.24 bits per heavy atom. The molecule has 12 heteroatoms. The first-order chi connectivity index (χ1) is 20.2. The molecule has 9 nitrogen and oxygen atoms in total. The summed E-state index contributed by atoms with van der Waals surface area (Å²) in [6, 6.07) is 24.9. The standard InChI is InChI=1S/C30H22BrFN4O5S/c31-21-8-15-26(25(32)17-21)34-28(37)18-42-24-13-9-22(10-14-24)33-30(39)27(35-29(38)20-4-2-1-3-5-20)16-19-6-11-23(12-7-19)36(40)41/h1-17H,18H2,(H,33,39)(H,34,37)(H,35,38)/b27-16-. The van der Waals surface area contributed by atoms with Crippen molar-refractivity contribution in [3.63, 3.8) is 0 Å². The van der Waals surface area contributed by atoms with Crippen LogP contribution < -0.4 is 16.0 Å². The number of thioether (sulfide) groups is 1. The molecule has 3 amide bonds. The second kappa shape index (κ2) is 14.2. The molecule has 0 aromatic heterocycles. The second-order valence-electron chi connectivity index (χ2n) is 8.67. The van der Waals surface area contributed by atoms with E-state index in [0.29, 0.717) is 21.3 Å². The van der Waals surface area contributed by atoms with Crippen molar-refractivity contribution in [2.24, 2.45) is 0 Å². The summed E-state index contributed by atoms with van der Waals surface area (Å²) in [5.41, 5.74) is 1.13. The topological polar surface area (TPSA) is 130 Å². The summed E-state index contributed by atoms with van der Waals surface area (Å²) in [4.78, 5) is 49.4. The molecule has 0 aliphatic rings. The Balaban J connectivity index is 1.42. The Kier molecular flexibility index (Phi) is 10.2. The first-order valence-corrected chi connectivity index (χ1v) is 14.1. The zero-order valence-corrected chi connectivity index (χ0v) is 24.1. The van der Waals surface area contributed by atoms with Crippen LogP contribution in [0.1, 0.15) is 15.9 Å². The predicted molar refractivity (Wildman–Crippen MR) is 164 cm³/mol. The van der Waals surface area contributed by atoms with Crippen molar-refractivity contribution in [2.75, 3.05) is 16.4 Å². The van der Waals surface area contributed by atoms with Crippen LogP contribution in [0.5, 0.6) is 0 Å². The summed E-state index contributed by atoms with van der Waals surface area (Å²) in [7, 11) is 0. The molecule has 0 unspecified atom stereocenters. The van der Waals surface area contributed by atoms with Gasteiger partial charge in [0.2, 0.25) is 5.91 Å². The van der Waals surface area contributed by atoms with Gasteiger partial charge in [-0.25, -0.2) is 4.39 Å². The first-order valence-electron chi connectivity index (χ1n) is 12.3. The fourth-order valence-corrected chi connectivity index (χ4v) is 4.59. The molecule has 212 valence electrons. The van der Waals surface area contributed by atoms with E-state index < -0.39 is 22.6 Å². The number of amides is 3. The molecule has 0 spiro atoms. The Hall–Kier alpha value is -4.81. The third kappa shape index (κ3) is 8.59. The van der Waals surface area contributed by atoms with Gasteiger partial charge in [0.1, 0.15) is 11.5 Å². The van der Waals surface area contributed by atoms with E-state index in [0.717, 1.165) is 4.90 Å². The van der Waals surface area contributed by atoms with Gasteiger partial charge < -0.3 is 16.0 Å². The van der Waals surface area contributed by atoms with Gasteiger partial charge in [-0.15, -0.1) is 11.8 Å². The van der Waals surface area contributed by atoms with Gasteiger partial charge in [0.15, 0.2) is 0 Å². The summed E-state index contributed by atoms with van der Waals surface area (Å²) < 4.78 is 14.5. The molecule has 0 aliphatic heterocycles. The molecular weight excluding hydrogens is 627 g/mol. The highest BCUT2D eigenvalue weighted by Crippen LogP contribution is 2.23. The Labute approximate surface area is 252 Å². The summed E-state index contributed by atoms with van der Waals surface area (Å²) in [6.45, 7) is 0. The molecule has 0 saturated carbocycles. The van der Waals surface area contributed by atoms with Crippen LogP contribution in [0, 0.1) is 15.9 Å². The minimum atomic E-state index is -0.617. The smallest absolute Gasteiger partial charge is 0.272 e. The minimum Gasteiger partial charge on any atom is -0.323 e. The number of carbonyl (C=O) groups is 3. The van der Waals surface area contributed by atoms with Crippen LogP contribution in [0.4, 0.5) is 21.5 Å². The number of hydrogen-bond donors (Lipinski definition) is 3. The summed E-state index contributed by atoms with van der Waals surface area (Å²) in [5, 5.41) is 18.8. The van der Waals surface area contributed by atoms with E-state index in [2.05, 4.69) is 31.9 Å². The van der Waals surface area contributed by atoms with Crippen molar-refractivity contribution in [3.8, 4) is 0 Å². The number of anilines is 2. The Bertz CT molecular complexity index is 1650. The average Bonchev–Trinajstić information content (AvgIpc) is 2.98. The number of halogens is 2. The molecule has 0 heterocycles. The lowest BCUT2D eigenvalue weighted by atomic mass is 10.1. The largest absolute Gasteiger partial charge is 0.323 e. The quantitative estimate of drug-likeness (QED) is 0.0765. The molecule has 3 N–H and O–H groups in total. The summed E-state index contributed by atoms with van der Waals surface area (Å²) in [5.74, 6) is -2.02. The van der Waals surface area contributed by atoms with Crippen molar-refractivity contribution < 1.29 is 23.7 Å². The number of nitrogens with zero attached hydrogens (tertiary/aromatic N) is 1. The molecule has 4 aromatic carbocycles. The normalized spacial score (nSPS) is 11.0. The third-order valence-electron chi connectivity index (χ3n) is 5.63. The minimum absolute atomic E-state index is 0.0366. The highest BCUT2D eigenvalue weighted by Gasteiger charge is 2.16. The maximum absolute atomic E-state index is 14.0. The van der Waals surface area contributed by atoms with Crippen LogP contribution >= 0.6 is 27.7 Å². The molecule has 0 bridgehead atoms. The van der Waals surface area contributed by atoms with Gasteiger partial charge in [0, 0.05) is 32.8 Å². The first kappa shape index (κ1) is 30.2. The number of hydrogen-bond acceptors (Lipinski definition) is 6. The van der Waals surface area contributed by atoms with Crippen LogP contribution in [0.25, 0.3) is 6.08 Å². The van der Waals surface area contributed by atoms with Crippen molar-refractivity contribution in [1.29, 1.82) is 0 Å². The van der Waals surface area contributed by atoms with Crippen LogP contribution in [-0.4, -0.2) is 28.4 Å².